The van der Waals surface area contributed by atoms with Gasteiger partial charge in [-0.2, -0.15) is 5.26 Å². The van der Waals surface area contributed by atoms with Crippen molar-refractivity contribution in [3.05, 3.63) is 263 Å². The van der Waals surface area contributed by atoms with E-state index in [0.29, 0.717) is 16.8 Å². The third kappa shape index (κ3) is 11.4. The average molecular weight is 1260 g/mol. The molecule has 0 atom stereocenters. The zero-order valence-corrected chi connectivity index (χ0v) is 59.3. The zero-order chi connectivity index (χ0) is 72.3. The van der Waals surface area contributed by atoms with Crippen molar-refractivity contribution in [1.82, 2.24) is 4.57 Å². The SMILES string of the molecule is [2H]c1c([2H])c([2H])c(-c2ccc3c(c2)N(c2cc(C#N)cc(-n4c5ccccc5c5ccccc54)c2)c2cc(-c4cc(C(C)(C)C)cc(C(C)(C)C)c4)cc4c2B3c2ccc(-c3cc(C(C)(C)C)cc(C(C)(C)C)c3)cc2N4c2cccc(-c3cc(C(C)(C)C)cc(C(C)(C)C)c3)c2)c([2H])c1[2H]. The molecule has 2 aliphatic rings. The Labute approximate surface area is 579 Å². The van der Waals surface area contributed by atoms with Crippen LogP contribution in [0.5, 0.6) is 0 Å². The molecule has 3 heterocycles. The molecule has 0 radical (unpaired) electrons. The summed E-state index contributed by atoms with van der Waals surface area (Å²) in [5.74, 6) is 0. The fourth-order valence-electron chi connectivity index (χ4n) is 14.4. The highest BCUT2D eigenvalue weighted by atomic mass is 15.2. The number of benzene rings is 11. The highest BCUT2D eigenvalue weighted by Crippen LogP contribution is 2.50. The number of hydrogen-bond donors (Lipinski definition) is 0. The Hall–Kier alpha value is -9.63. The van der Waals surface area contributed by atoms with Gasteiger partial charge in [0, 0.05) is 50.6 Å². The molecule has 0 aliphatic carbocycles. The molecule has 0 amide bonds. The number of para-hydroxylation sites is 2. The van der Waals surface area contributed by atoms with Gasteiger partial charge in [-0.15, -0.1) is 0 Å². The minimum atomic E-state index is -0.450. The van der Waals surface area contributed by atoms with E-state index in [1.807, 2.05) is 24.3 Å². The van der Waals surface area contributed by atoms with Crippen molar-refractivity contribution in [3.8, 4) is 56.3 Å². The lowest BCUT2D eigenvalue weighted by atomic mass is 9.33. The predicted molar refractivity (Wildman–Crippen MR) is 413 cm³/mol. The molecule has 5 heteroatoms. The molecule has 96 heavy (non-hydrogen) atoms. The maximum atomic E-state index is 11.5. The second-order valence-electron chi connectivity index (χ2n) is 33.2. The van der Waals surface area contributed by atoms with Gasteiger partial charge in [-0.05, 0) is 193 Å². The molecule has 1 aromatic heterocycles. The number of hydrogen-bond acceptors (Lipinski definition) is 3. The highest BCUT2D eigenvalue weighted by Gasteiger charge is 2.45. The largest absolute Gasteiger partial charge is 0.311 e. The molecule has 0 saturated heterocycles. The van der Waals surface area contributed by atoms with Gasteiger partial charge in [0.1, 0.15) is 0 Å². The van der Waals surface area contributed by atoms with Crippen molar-refractivity contribution in [2.45, 2.75) is 157 Å². The molecule has 478 valence electrons. The summed E-state index contributed by atoms with van der Waals surface area (Å²) in [6.45, 7) is 40.9. The first kappa shape index (κ1) is 57.8. The van der Waals surface area contributed by atoms with Gasteiger partial charge in [0.15, 0.2) is 0 Å². The van der Waals surface area contributed by atoms with E-state index in [4.69, 9.17) is 4.11 Å². The Kier molecular flexibility index (Phi) is 13.7. The van der Waals surface area contributed by atoms with Crippen LogP contribution in [0.2, 0.25) is 0 Å². The number of rotatable bonds is 7. The summed E-state index contributed by atoms with van der Waals surface area (Å²) in [4.78, 5) is 4.82. The normalized spacial score (nSPS) is 14.2. The van der Waals surface area contributed by atoms with Crippen LogP contribution in [-0.2, 0) is 32.5 Å². The van der Waals surface area contributed by atoms with Crippen LogP contribution >= 0.6 is 0 Å². The molecule has 12 aromatic rings. The molecule has 11 aromatic carbocycles. The molecular formula is C91H91BN4. The number of anilines is 6. The zero-order valence-electron chi connectivity index (χ0n) is 64.3. The summed E-state index contributed by atoms with van der Waals surface area (Å²) >= 11 is 0. The van der Waals surface area contributed by atoms with Gasteiger partial charge in [-0.25, -0.2) is 0 Å². The van der Waals surface area contributed by atoms with Crippen molar-refractivity contribution in [2.75, 3.05) is 9.80 Å². The van der Waals surface area contributed by atoms with Crippen LogP contribution < -0.4 is 26.2 Å². The standard InChI is InChI=1S/C91H91BN4/c1-86(2,3)66-41-62(42-67(52-66)87(4,5)6)59-29-26-30-72(47-59)94-81-49-61(63-43-68(88(7,8)9)53-69(44-63)89(10,11)12)36-38-77(81)92-78-37-35-60(58-27-20-19-21-28-58)48-82(78)96(84-51-65(50-83(94)85(84)92)64-45-70(90(13,14)15)54-71(46-64)91(16,17)18)74-40-57(56-93)39-73(55-74)95-79-33-24-22-31-75(79)76-32-23-25-34-80(76)95/h19-55H,1-18H3/i19D,20D,21D,27D,28D. The Morgan fingerprint density at radius 3 is 1.14 bits per heavy atom. The van der Waals surface area contributed by atoms with Crippen LogP contribution in [0.25, 0.3) is 72.0 Å². The van der Waals surface area contributed by atoms with Gasteiger partial charge in [-0.1, -0.05) is 282 Å². The van der Waals surface area contributed by atoms with Crippen LogP contribution in [0.3, 0.4) is 0 Å². The second-order valence-corrected chi connectivity index (χ2v) is 33.2. The Morgan fingerprint density at radius 1 is 0.323 bits per heavy atom. The van der Waals surface area contributed by atoms with Crippen molar-refractivity contribution >= 4 is 79.0 Å². The van der Waals surface area contributed by atoms with Crippen LogP contribution in [0, 0.1) is 11.3 Å². The Bertz CT molecular complexity index is 5290. The predicted octanol–water partition coefficient (Wildman–Crippen LogP) is 23.2. The lowest BCUT2D eigenvalue weighted by molar-refractivity contribution is 0.568. The quantitative estimate of drug-likeness (QED) is 0.149. The third-order valence-corrected chi connectivity index (χ3v) is 20.1. The van der Waals surface area contributed by atoms with E-state index in [2.05, 4.69) is 315 Å². The van der Waals surface area contributed by atoms with E-state index in [0.717, 1.165) is 106 Å². The minimum absolute atomic E-state index is 0.110. The Morgan fingerprint density at radius 2 is 0.698 bits per heavy atom. The van der Waals surface area contributed by atoms with Crippen LogP contribution in [0.15, 0.2) is 224 Å². The summed E-state index contributed by atoms with van der Waals surface area (Å²) in [6, 6.07) is 72.3. The van der Waals surface area contributed by atoms with Gasteiger partial charge in [0.25, 0.3) is 6.71 Å². The van der Waals surface area contributed by atoms with Gasteiger partial charge < -0.3 is 14.4 Å². The third-order valence-electron chi connectivity index (χ3n) is 20.1. The van der Waals surface area contributed by atoms with Crippen molar-refractivity contribution in [2.24, 2.45) is 0 Å². The van der Waals surface area contributed by atoms with Crippen LogP contribution in [-0.4, -0.2) is 11.3 Å². The summed E-state index contributed by atoms with van der Waals surface area (Å²) in [7, 11) is 0. The maximum Gasteiger partial charge on any atom is 0.252 e. The lowest BCUT2D eigenvalue weighted by Gasteiger charge is -2.45. The number of nitrogens with zero attached hydrogens (tertiary/aromatic N) is 4. The van der Waals surface area contributed by atoms with E-state index < -0.39 is 24.8 Å². The molecule has 14 rings (SSSR count). The molecule has 0 bridgehead atoms. The first-order valence-corrected chi connectivity index (χ1v) is 34.1. The topological polar surface area (TPSA) is 35.2 Å². The van der Waals surface area contributed by atoms with Crippen molar-refractivity contribution in [3.63, 3.8) is 0 Å². The minimum Gasteiger partial charge on any atom is -0.311 e. The van der Waals surface area contributed by atoms with E-state index >= 15 is 0 Å². The molecule has 0 unspecified atom stereocenters. The smallest absolute Gasteiger partial charge is 0.252 e. The van der Waals surface area contributed by atoms with Crippen molar-refractivity contribution in [1.29, 1.82) is 5.26 Å². The summed E-state index contributed by atoms with van der Waals surface area (Å²) < 4.78 is 48.0. The van der Waals surface area contributed by atoms with Gasteiger partial charge >= 0.3 is 0 Å². The van der Waals surface area contributed by atoms with Crippen LogP contribution in [0.1, 0.15) is 170 Å². The van der Waals surface area contributed by atoms with E-state index in [1.165, 1.54) is 33.4 Å². The number of fused-ring (bicyclic) bond motifs is 7. The van der Waals surface area contributed by atoms with Crippen molar-refractivity contribution < 1.29 is 6.85 Å². The van der Waals surface area contributed by atoms with E-state index in [-0.39, 0.29) is 50.1 Å². The number of aromatic nitrogens is 1. The molecule has 0 fully saturated rings. The fraction of sp³-hybridized carbons (Fsp3) is 0.264. The average Bonchev–Trinajstić information content (AvgIpc) is 1.08. The van der Waals surface area contributed by atoms with E-state index in [1.54, 1.807) is 0 Å². The summed E-state index contributed by atoms with van der Waals surface area (Å²) in [5.41, 5.74) is 25.3. The fourth-order valence-corrected chi connectivity index (χ4v) is 14.4. The first-order valence-electron chi connectivity index (χ1n) is 36.6. The summed E-state index contributed by atoms with van der Waals surface area (Å²) in [6.07, 6.45) is 0. The van der Waals surface area contributed by atoms with Gasteiger partial charge in [0.2, 0.25) is 0 Å². The molecule has 0 saturated carbocycles. The molecule has 4 nitrogen and oxygen atoms in total. The molecule has 2 aliphatic heterocycles. The highest BCUT2D eigenvalue weighted by molar-refractivity contribution is 7.00. The second kappa shape index (κ2) is 22.8. The van der Waals surface area contributed by atoms with Gasteiger partial charge in [-0.3, -0.25) is 0 Å². The molecular weight excluding hydrogens is 1160 g/mol. The Balaban J connectivity index is 1.15. The lowest BCUT2D eigenvalue weighted by Crippen LogP contribution is -2.61. The first-order chi connectivity index (χ1) is 47.4. The van der Waals surface area contributed by atoms with E-state index in [9.17, 15) is 8.00 Å². The van der Waals surface area contributed by atoms with Crippen LogP contribution in [0.4, 0.5) is 34.1 Å². The van der Waals surface area contributed by atoms with Gasteiger partial charge in [0.05, 0.1) is 29.5 Å². The molecule has 0 N–H and O–H groups in total. The number of nitriles is 1. The maximum absolute atomic E-state index is 11.5. The summed E-state index contributed by atoms with van der Waals surface area (Å²) in [5, 5.41) is 13.6. The molecule has 0 spiro atoms. The monoisotopic (exact) mass is 1260 g/mol.